The van der Waals surface area contributed by atoms with E-state index in [1.54, 1.807) is 41.2 Å². The van der Waals surface area contributed by atoms with Crippen molar-refractivity contribution in [3.05, 3.63) is 52.7 Å². The number of fused-ring (bicyclic) bond motifs is 1. The third-order valence-corrected chi connectivity index (χ3v) is 5.28. The molecule has 1 unspecified atom stereocenters. The second kappa shape index (κ2) is 8.40. The first-order valence-corrected chi connectivity index (χ1v) is 9.51. The van der Waals surface area contributed by atoms with E-state index >= 15 is 0 Å². The van der Waals surface area contributed by atoms with Gasteiger partial charge < -0.3 is 15.4 Å². The third kappa shape index (κ3) is 3.71. The second-order valence-electron chi connectivity index (χ2n) is 6.93. The average molecular weight is 394 g/mol. The summed E-state index contributed by atoms with van der Waals surface area (Å²) in [7, 11) is 1.56. The van der Waals surface area contributed by atoms with E-state index in [0.717, 1.165) is 23.9 Å². The minimum Gasteiger partial charge on any atom is -0.497 e. The van der Waals surface area contributed by atoms with Crippen LogP contribution in [0.4, 0.5) is 5.82 Å². The molecular formula is C21H26N6O2. The summed E-state index contributed by atoms with van der Waals surface area (Å²) in [6.45, 7) is 4.63. The van der Waals surface area contributed by atoms with Crippen molar-refractivity contribution in [3.63, 3.8) is 0 Å². The number of nitrogens with zero attached hydrogens (tertiary/aromatic N) is 3. The van der Waals surface area contributed by atoms with Gasteiger partial charge in [-0.25, -0.2) is 4.98 Å². The van der Waals surface area contributed by atoms with Crippen LogP contribution in [0.15, 0.2) is 30.3 Å². The summed E-state index contributed by atoms with van der Waals surface area (Å²) in [6.07, 6.45) is 1.93. The zero-order valence-electron chi connectivity index (χ0n) is 16.9. The molecule has 0 saturated carbocycles. The van der Waals surface area contributed by atoms with Crippen LogP contribution in [0.3, 0.4) is 0 Å². The van der Waals surface area contributed by atoms with Crippen molar-refractivity contribution in [2.75, 3.05) is 12.0 Å². The number of ether oxygens (including phenoxy) is 1. The number of benzene rings is 1. The van der Waals surface area contributed by atoms with Gasteiger partial charge in [0.25, 0.3) is 5.91 Å². The van der Waals surface area contributed by atoms with Gasteiger partial charge >= 0.3 is 0 Å². The zero-order chi connectivity index (χ0) is 21.1. The van der Waals surface area contributed by atoms with Crippen molar-refractivity contribution in [1.82, 2.24) is 9.88 Å². The molecule has 0 radical (unpaired) electrons. The average Bonchev–Trinajstić information content (AvgIpc) is 3.09. The normalized spacial score (nSPS) is 13.8. The van der Waals surface area contributed by atoms with Gasteiger partial charge in [0.1, 0.15) is 17.3 Å². The van der Waals surface area contributed by atoms with Gasteiger partial charge in [0.05, 0.1) is 20.0 Å². The fourth-order valence-electron chi connectivity index (χ4n) is 3.39. The molecule has 1 aromatic heterocycles. The fourth-order valence-corrected chi connectivity index (χ4v) is 3.39. The third-order valence-electron chi connectivity index (χ3n) is 5.28. The van der Waals surface area contributed by atoms with Gasteiger partial charge in [0.2, 0.25) is 0 Å². The summed E-state index contributed by atoms with van der Waals surface area (Å²) in [5, 5.41) is 16.1. The molecule has 1 atom stereocenters. The Morgan fingerprint density at radius 3 is 2.83 bits per heavy atom. The molecule has 1 aliphatic rings. The topological polar surface area (TPSA) is 119 Å². The van der Waals surface area contributed by atoms with Crippen molar-refractivity contribution in [3.8, 4) is 5.75 Å². The first-order chi connectivity index (χ1) is 13.9. The standard InChI is InChI=1S/C21H26N6O2/c1-4-13(2)27(12-23)20(24)18-6-5-7-19(25-18)26-11-17-14(10-22)8-15(29-3)9-16(17)21(26)28/h5-9,12-13,23-24H,4,10-11,22H2,1-3H3. The molecule has 0 spiro atoms. The molecule has 29 heavy (non-hydrogen) atoms. The number of methoxy groups -OCH3 is 1. The number of nitrogens with one attached hydrogen (secondary N) is 2. The van der Waals surface area contributed by atoms with Crippen molar-refractivity contribution >= 4 is 23.9 Å². The number of hydrogen-bond donors (Lipinski definition) is 3. The first kappa shape index (κ1) is 20.5. The first-order valence-electron chi connectivity index (χ1n) is 9.51. The van der Waals surface area contributed by atoms with E-state index in [1.807, 2.05) is 19.9 Å². The van der Waals surface area contributed by atoms with Gasteiger partial charge in [-0.2, -0.15) is 0 Å². The van der Waals surface area contributed by atoms with Crippen LogP contribution in [-0.2, 0) is 13.1 Å². The summed E-state index contributed by atoms with van der Waals surface area (Å²) in [6, 6.07) is 8.81. The molecule has 0 aliphatic carbocycles. The lowest BCUT2D eigenvalue weighted by molar-refractivity contribution is 0.0995. The lowest BCUT2D eigenvalue weighted by atomic mass is 10.0. The lowest BCUT2D eigenvalue weighted by Gasteiger charge is -2.26. The number of nitrogens with two attached hydrogens (primary N) is 1. The van der Waals surface area contributed by atoms with Crippen molar-refractivity contribution in [2.24, 2.45) is 5.73 Å². The Morgan fingerprint density at radius 1 is 1.45 bits per heavy atom. The number of carbonyl (C=O) groups is 1. The van der Waals surface area contributed by atoms with Gasteiger partial charge in [-0.05, 0) is 48.7 Å². The van der Waals surface area contributed by atoms with Crippen molar-refractivity contribution in [1.29, 1.82) is 10.8 Å². The number of amides is 1. The highest BCUT2D eigenvalue weighted by Crippen LogP contribution is 2.32. The number of amidine groups is 1. The highest BCUT2D eigenvalue weighted by Gasteiger charge is 2.32. The predicted octanol–water partition coefficient (Wildman–Crippen LogP) is 2.74. The van der Waals surface area contributed by atoms with Gasteiger partial charge in [-0.1, -0.05) is 13.0 Å². The van der Waals surface area contributed by atoms with Crippen LogP contribution < -0.4 is 15.4 Å². The van der Waals surface area contributed by atoms with Crippen LogP contribution in [0.1, 0.15) is 47.4 Å². The highest BCUT2D eigenvalue weighted by atomic mass is 16.5. The van der Waals surface area contributed by atoms with E-state index < -0.39 is 0 Å². The zero-order valence-corrected chi connectivity index (χ0v) is 16.9. The molecule has 2 heterocycles. The quantitative estimate of drug-likeness (QED) is 0.493. The molecule has 4 N–H and O–H groups in total. The van der Waals surface area contributed by atoms with E-state index in [1.165, 1.54) is 0 Å². The van der Waals surface area contributed by atoms with Crippen LogP contribution >= 0.6 is 0 Å². The van der Waals surface area contributed by atoms with E-state index in [-0.39, 0.29) is 17.8 Å². The van der Waals surface area contributed by atoms with Crippen LogP contribution in [-0.4, -0.2) is 41.1 Å². The maximum atomic E-state index is 13.0. The molecule has 1 amide bonds. The molecule has 1 aliphatic heterocycles. The van der Waals surface area contributed by atoms with Gasteiger partial charge in [-0.15, -0.1) is 0 Å². The molecule has 0 saturated heterocycles. The lowest BCUT2D eigenvalue weighted by Crippen LogP contribution is -2.37. The number of rotatable bonds is 7. The monoisotopic (exact) mass is 394 g/mol. The van der Waals surface area contributed by atoms with E-state index in [9.17, 15) is 4.79 Å². The molecule has 8 heteroatoms. The maximum Gasteiger partial charge on any atom is 0.260 e. The second-order valence-corrected chi connectivity index (χ2v) is 6.93. The fraction of sp³-hybridized carbons (Fsp3) is 0.333. The van der Waals surface area contributed by atoms with Gasteiger partial charge in [0.15, 0.2) is 5.84 Å². The summed E-state index contributed by atoms with van der Waals surface area (Å²) < 4.78 is 5.30. The summed E-state index contributed by atoms with van der Waals surface area (Å²) >= 11 is 0. The SMILES string of the molecule is CCC(C)N(C=N)C(=N)c1cccc(N2Cc3c(CN)cc(OC)cc3C2=O)n1. The van der Waals surface area contributed by atoms with E-state index in [2.05, 4.69) is 4.98 Å². The Balaban J connectivity index is 1.95. The molecule has 8 nitrogen and oxygen atoms in total. The Bertz CT molecular complexity index is 958. The Hall–Kier alpha value is -3.26. The van der Waals surface area contributed by atoms with Crippen molar-refractivity contribution in [2.45, 2.75) is 39.4 Å². The highest BCUT2D eigenvalue weighted by molar-refractivity contribution is 6.10. The molecule has 152 valence electrons. The maximum absolute atomic E-state index is 13.0. The molecule has 0 bridgehead atoms. The Labute approximate surface area is 170 Å². The molecule has 3 rings (SSSR count). The van der Waals surface area contributed by atoms with E-state index in [0.29, 0.717) is 35.9 Å². The molecule has 0 fully saturated rings. The minimum absolute atomic E-state index is 0.00251. The Morgan fingerprint density at radius 2 is 2.21 bits per heavy atom. The summed E-state index contributed by atoms with van der Waals surface area (Å²) in [5.74, 6) is 1.02. The molecule has 1 aromatic carbocycles. The van der Waals surface area contributed by atoms with Crippen LogP contribution in [0.5, 0.6) is 5.75 Å². The number of aromatic nitrogens is 1. The molecular weight excluding hydrogens is 368 g/mol. The van der Waals surface area contributed by atoms with Crippen LogP contribution in [0.2, 0.25) is 0 Å². The number of anilines is 1. The largest absolute Gasteiger partial charge is 0.497 e. The smallest absolute Gasteiger partial charge is 0.260 e. The summed E-state index contributed by atoms with van der Waals surface area (Å²) in [4.78, 5) is 20.7. The van der Waals surface area contributed by atoms with Gasteiger partial charge in [0, 0.05) is 18.2 Å². The Kier molecular flexibility index (Phi) is 5.93. The number of carbonyl (C=O) groups excluding carboxylic acids is 1. The van der Waals surface area contributed by atoms with Crippen LogP contribution in [0.25, 0.3) is 0 Å². The minimum atomic E-state index is -0.171. The number of hydrogen-bond acceptors (Lipinski definition) is 6. The van der Waals surface area contributed by atoms with Crippen LogP contribution in [0, 0.1) is 10.8 Å². The summed E-state index contributed by atoms with van der Waals surface area (Å²) in [5.41, 5.74) is 8.59. The molecule has 2 aromatic rings. The van der Waals surface area contributed by atoms with Gasteiger partial charge in [-0.3, -0.25) is 20.5 Å². The predicted molar refractivity (Wildman–Crippen MR) is 113 cm³/mol. The van der Waals surface area contributed by atoms with E-state index in [4.69, 9.17) is 21.3 Å². The van der Waals surface area contributed by atoms with Crippen molar-refractivity contribution < 1.29 is 9.53 Å². The number of pyridine rings is 1.